The van der Waals surface area contributed by atoms with Crippen LogP contribution in [0.3, 0.4) is 0 Å². The van der Waals surface area contributed by atoms with Gasteiger partial charge in [-0.05, 0) is 31.2 Å². The molecule has 1 aromatic heterocycles. The van der Waals surface area contributed by atoms with Crippen LogP contribution in [0.4, 0.5) is 22.0 Å². The maximum atomic E-state index is 14.5. The van der Waals surface area contributed by atoms with E-state index in [9.17, 15) is 30.4 Å². The lowest BCUT2D eigenvalue weighted by atomic mass is 9.98. The number of primary sulfonamides is 1. The molecular formula is C17H11F5N2O3S. The summed E-state index contributed by atoms with van der Waals surface area (Å²) in [5.74, 6) is -2.36. The number of hydrogen-bond acceptors (Lipinski definition) is 4. The fourth-order valence-corrected chi connectivity index (χ4v) is 3.24. The molecule has 2 N–H and O–H groups in total. The van der Waals surface area contributed by atoms with Gasteiger partial charge in [0.2, 0.25) is 10.0 Å². The number of halogens is 5. The molecule has 0 saturated carbocycles. The van der Waals surface area contributed by atoms with E-state index in [1.807, 2.05) is 0 Å². The second kappa shape index (κ2) is 6.67. The predicted octanol–water partition coefficient (Wildman–Crippen LogP) is 4.26. The standard InChI is InChI=1S/C17H11F5N2O3S/c1-8-15(11-6-13(19)14(7-12(11)18)28(23,25)26)16(24-27-8)9-2-4-10(5-3-9)17(20,21)22/h2-7H,1H3,(H2,23,25,26). The van der Waals surface area contributed by atoms with Crippen molar-refractivity contribution in [3.05, 3.63) is 59.4 Å². The Bertz CT molecular complexity index is 1150. The van der Waals surface area contributed by atoms with Crippen molar-refractivity contribution in [3.63, 3.8) is 0 Å². The lowest BCUT2D eigenvalue weighted by molar-refractivity contribution is -0.137. The summed E-state index contributed by atoms with van der Waals surface area (Å²) < 4.78 is 94.5. The molecule has 5 nitrogen and oxygen atoms in total. The maximum Gasteiger partial charge on any atom is 0.416 e. The van der Waals surface area contributed by atoms with Crippen LogP contribution >= 0.6 is 0 Å². The fourth-order valence-electron chi connectivity index (χ4n) is 2.64. The van der Waals surface area contributed by atoms with Gasteiger partial charge in [-0.25, -0.2) is 22.3 Å². The molecule has 0 unspecified atom stereocenters. The number of benzene rings is 2. The Hall–Kier alpha value is -2.79. The first-order valence-corrected chi connectivity index (χ1v) is 9.10. The molecule has 148 valence electrons. The first-order valence-electron chi connectivity index (χ1n) is 7.55. The van der Waals surface area contributed by atoms with E-state index < -0.39 is 38.3 Å². The van der Waals surface area contributed by atoms with Crippen LogP contribution in [0.1, 0.15) is 11.3 Å². The molecule has 28 heavy (non-hydrogen) atoms. The summed E-state index contributed by atoms with van der Waals surface area (Å²) in [6.45, 7) is 1.39. The number of rotatable bonds is 3. The summed E-state index contributed by atoms with van der Waals surface area (Å²) in [5.41, 5.74) is -1.17. The molecule has 2 aromatic carbocycles. The smallest absolute Gasteiger partial charge is 0.360 e. The third-order valence-electron chi connectivity index (χ3n) is 3.95. The third kappa shape index (κ3) is 3.62. The van der Waals surface area contributed by atoms with Crippen LogP contribution in [-0.4, -0.2) is 13.6 Å². The van der Waals surface area contributed by atoms with E-state index in [0.717, 1.165) is 24.3 Å². The number of aromatic nitrogens is 1. The minimum atomic E-state index is -4.54. The number of hydrogen-bond donors (Lipinski definition) is 1. The molecule has 0 aliphatic carbocycles. The Kier molecular flexibility index (Phi) is 4.76. The molecule has 0 aliphatic rings. The number of aryl methyl sites for hydroxylation is 1. The van der Waals surface area contributed by atoms with Crippen molar-refractivity contribution in [1.82, 2.24) is 5.16 Å². The quantitative estimate of drug-likeness (QED) is 0.644. The second-order valence-corrected chi connectivity index (χ2v) is 7.37. The molecule has 0 atom stereocenters. The molecule has 0 fully saturated rings. The number of nitrogens with two attached hydrogens (primary N) is 1. The summed E-state index contributed by atoms with van der Waals surface area (Å²) in [4.78, 5) is -1.03. The molecule has 11 heteroatoms. The molecule has 0 bridgehead atoms. The molecule has 0 radical (unpaired) electrons. The Morgan fingerprint density at radius 3 is 2.18 bits per heavy atom. The number of sulfonamides is 1. The fraction of sp³-hybridized carbons (Fsp3) is 0.118. The zero-order valence-electron chi connectivity index (χ0n) is 14.0. The van der Waals surface area contributed by atoms with Gasteiger partial charge in [-0.1, -0.05) is 17.3 Å². The average Bonchev–Trinajstić information content (AvgIpc) is 2.96. The van der Waals surface area contributed by atoms with Crippen molar-refractivity contribution in [2.45, 2.75) is 18.0 Å². The van der Waals surface area contributed by atoms with Gasteiger partial charge in [0.25, 0.3) is 0 Å². The number of alkyl halides is 3. The lowest BCUT2D eigenvalue weighted by Crippen LogP contribution is -2.14. The highest BCUT2D eigenvalue weighted by molar-refractivity contribution is 7.89. The largest absolute Gasteiger partial charge is 0.416 e. The zero-order valence-corrected chi connectivity index (χ0v) is 14.8. The van der Waals surface area contributed by atoms with Crippen molar-refractivity contribution in [2.75, 3.05) is 0 Å². The van der Waals surface area contributed by atoms with E-state index in [1.54, 1.807) is 0 Å². The highest BCUT2D eigenvalue weighted by Gasteiger charge is 2.30. The van der Waals surface area contributed by atoms with E-state index in [-0.39, 0.29) is 28.1 Å². The van der Waals surface area contributed by atoms with Crippen molar-refractivity contribution in [2.24, 2.45) is 5.14 Å². The first-order chi connectivity index (χ1) is 12.9. The van der Waals surface area contributed by atoms with Crippen molar-refractivity contribution in [3.8, 4) is 22.4 Å². The summed E-state index contributed by atoms with van der Waals surface area (Å²) in [6.07, 6.45) is -4.54. The SMILES string of the molecule is Cc1onc(-c2ccc(C(F)(F)F)cc2)c1-c1cc(F)c(S(N)(=O)=O)cc1F. The van der Waals surface area contributed by atoms with Crippen molar-refractivity contribution in [1.29, 1.82) is 0 Å². The summed E-state index contributed by atoms with van der Waals surface area (Å²) >= 11 is 0. The van der Waals surface area contributed by atoms with Crippen LogP contribution in [0.15, 0.2) is 45.8 Å². The molecule has 0 aliphatic heterocycles. The van der Waals surface area contributed by atoms with Gasteiger partial charge in [0.15, 0.2) is 0 Å². The van der Waals surface area contributed by atoms with Gasteiger partial charge in [0.05, 0.1) is 11.1 Å². The van der Waals surface area contributed by atoms with Gasteiger partial charge in [-0.15, -0.1) is 0 Å². The van der Waals surface area contributed by atoms with Crippen LogP contribution in [0.2, 0.25) is 0 Å². The van der Waals surface area contributed by atoms with Crippen LogP contribution in [-0.2, 0) is 16.2 Å². The Morgan fingerprint density at radius 2 is 1.64 bits per heavy atom. The lowest BCUT2D eigenvalue weighted by Gasteiger charge is -2.09. The Balaban J connectivity index is 2.16. The van der Waals surface area contributed by atoms with Crippen LogP contribution in [0.25, 0.3) is 22.4 Å². The topological polar surface area (TPSA) is 86.2 Å². The van der Waals surface area contributed by atoms with E-state index in [1.165, 1.54) is 6.92 Å². The van der Waals surface area contributed by atoms with Crippen molar-refractivity contribution >= 4 is 10.0 Å². The van der Waals surface area contributed by atoms with Crippen LogP contribution in [0.5, 0.6) is 0 Å². The number of nitrogens with zero attached hydrogens (tertiary/aromatic N) is 1. The van der Waals surface area contributed by atoms with Crippen LogP contribution in [0, 0.1) is 18.6 Å². The first kappa shape index (κ1) is 20.0. The second-order valence-electron chi connectivity index (χ2n) is 5.84. The third-order valence-corrected chi connectivity index (χ3v) is 4.87. The van der Waals surface area contributed by atoms with Gasteiger partial charge in [-0.3, -0.25) is 0 Å². The normalized spacial score (nSPS) is 12.4. The molecule has 3 rings (SSSR count). The van der Waals surface area contributed by atoms with Gasteiger partial charge in [0.1, 0.15) is 28.0 Å². The minimum Gasteiger partial charge on any atom is -0.360 e. The maximum absolute atomic E-state index is 14.5. The average molecular weight is 418 g/mol. The zero-order chi connectivity index (χ0) is 20.9. The van der Waals surface area contributed by atoms with E-state index >= 15 is 0 Å². The minimum absolute atomic E-state index is 0.0304. The van der Waals surface area contributed by atoms with Gasteiger partial charge >= 0.3 is 6.18 Å². The summed E-state index contributed by atoms with van der Waals surface area (Å²) in [6, 6.07) is 4.87. The highest BCUT2D eigenvalue weighted by atomic mass is 32.2. The molecule has 3 aromatic rings. The predicted molar refractivity (Wildman–Crippen MR) is 88.4 cm³/mol. The van der Waals surface area contributed by atoms with Gasteiger partial charge < -0.3 is 4.52 Å². The van der Waals surface area contributed by atoms with Crippen molar-refractivity contribution < 1.29 is 34.9 Å². The summed E-state index contributed by atoms with van der Waals surface area (Å²) in [5, 5.41) is 8.55. The molecule has 0 amide bonds. The van der Waals surface area contributed by atoms with E-state index in [2.05, 4.69) is 5.16 Å². The van der Waals surface area contributed by atoms with E-state index in [0.29, 0.717) is 12.1 Å². The molecule has 0 saturated heterocycles. The van der Waals surface area contributed by atoms with Gasteiger partial charge in [0, 0.05) is 11.1 Å². The van der Waals surface area contributed by atoms with Gasteiger partial charge in [-0.2, -0.15) is 13.2 Å². The molecule has 1 heterocycles. The molecular weight excluding hydrogens is 407 g/mol. The Morgan fingerprint density at radius 1 is 1.04 bits per heavy atom. The monoisotopic (exact) mass is 418 g/mol. The van der Waals surface area contributed by atoms with Crippen LogP contribution < -0.4 is 5.14 Å². The summed E-state index contributed by atoms with van der Waals surface area (Å²) in [7, 11) is -4.49. The van der Waals surface area contributed by atoms with E-state index in [4.69, 9.17) is 9.66 Å². The Labute approximate surface area is 155 Å². The molecule has 0 spiro atoms. The highest BCUT2D eigenvalue weighted by Crippen LogP contribution is 2.38.